The number of hydrogen-bond donors (Lipinski definition) is 3. The van der Waals surface area contributed by atoms with E-state index >= 15 is 0 Å². The van der Waals surface area contributed by atoms with E-state index in [4.69, 9.17) is 4.74 Å². The molecule has 0 aliphatic rings. The number of carbonyl (C=O) groups excluding carboxylic acids is 2. The van der Waals surface area contributed by atoms with Crippen LogP contribution >= 0.6 is 0 Å². The van der Waals surface area contributed by atoms with Gasteiger partial charge >= 0.3 is 6.03 Å². The van der Waals surface area contributed by atoms with E-state index in [0.29, 0.717) is 12.2 Å². The van der Waals surface area contributed by atoms with E-state index in [2.05, 4.69) is 16.0 Å². The molecular weight excluding hydrogens is 378 g/mol. The van der Waals surface area contributed by atoms with Crippen LogP contribution in [0, 0.1) is 5.92 Å². The van der Waals surface area contributed by atoms with Crippen LogP contribution in [0.15, 0.2) is 66.7 Å². The smallest absolute Gasteiger partial charge is 0.319 e. The highest BCUT2D eigenvalue weighted by Gasteiger charge is 2.24. The molecular formula is C24H27N3O3. The van der Waals surface area contributed by atoms with E-state index in [1.807, 2.05) is 68.4 Å². The lowest BCUT2D eigenvalue weighted by Crippen LogP contribution is -2.50. The Morgan fingerprint density at radius 3 is 2.33 bits per heavy atom. The maximum Gasteiger partial charge on any atom is 0.319 e. The van der Waals surface area contributed by atoms with Gasteiger partial charge in [0, 0.05) is 12.2 Å². The molecule has 0 saturated heterocycles. The Morgan fingerprint density at radius 1 is 0.933 bits per heavy atom. The summed E-state index contributed by atoms with van der Waals surface area (Å²) in [6.45, 7) is 4.18. The molecule has 156 valence electrons. The van der Waals surface area contributed by atoms with Crippen molar-refractivity contribution in [2.75, 3.05) is 12.4 Å². The SMILES string of the molecule is COc1ccc2cc(CNC(=O)[C@H](NC(=O)Nc3ccccc3)C(C)C)ccc2c1. The molecule has 0 fully saturated rings. The van der Waals surface area contributed by atoms with E-state index in [9.17, 15) is 9.59 Å². The first kappa shape index (κ1) is 21.2. The van der Waals surface area contributed by atoms with Gasteiger partial charge in [0.15, 0.2) is 0 Å². The summed E-state index contributed by atoms with van der Waals surface area (Å²) in [5.41, 5.74) is 1.66. The van der Waals surface area contributed by atoms with Crippen LogP contribution in [-0.2, 0) is 11.3 Å². The van der Waals surface area contributed by atoms with Crippen molar-refractivity contribution in [2.45, 2.75) is 26.4 Å². The molecule has 3 amide bonds. The summed E-state index contributed by atoms with van der Waals surface area (Å²) in [7, 11) is 1.64. The lowest BCUT2D eigenvalue weighted by Gasteiger charge is -2.22. The molecule has 1 atom stereocenters. The van der Waals surface area contributed by atoms with E-state index in [-0.39, 0.29) is 11.8 Å². The Morgan fingerprint density at radius 2 is 1.63 bits per heavy atom. The minimum Gasteiger partial charge on any atom is -0.497 e. The van der Waals surface area contributed by atoms with Gasteiger partial charge in [-0.1, -0.05) is 50.2 Å². The zero-order valence-electron chi connectivity index (χ0n) is 17.4. The van der Waals surface area contributed by atoms with Crippen molar-refractivity contribution in [2.24, 2.45) is 5.92 Å². The molecule has 6 heteroatoms. The van der Waals surface area contributed by atoms with Crippen LogP contribution in [0.2, 0.25) is 0 Å². The van der Waals surface area contributed by atoms with Crippen LogP contribution in [0.1, 0.15) is 19.4 Å². The Kier molecular flexibility index (Phi) is 6.91. The zero-order chi connectivity index (χ0) is 21.5. The second kappa shape index (κ2) is 9.78. The molecule has 0 radical (unpaired) electrons. The molecule has 0 bridgehead atoms. The van der Waals surface area contributed by atoms with Crippen molar-refractivity contribution >= 4 is 28.4 Å². The first-order valence-electron chi connectivity index (χ1n) is 9.93. The number of ether oxygens (including phenoxy) is 1. The molecule has 3 aromatic rings. The molecule has 3 aromatic carbocycles. The van der Waals surface area contributed by atoms with Gasteiger partial charge in [0.2, 0.25) is 5.91 Å². The van der Waals surface area contributed by atoms with E-state index in [0.717, 1.165) is 22.1 Å². The first-order chi connectivity index (χ1) is 14.5. The van der Waals surface area contributed by atoms with Crippen LogP contribution in [0.4, 0.5) is 10.5 Å². The van der Waals surface area contributed by atoms with Crippen LogP contribution in [0.5, 0.6) is 5.75 Å². The summed E-state index contributed by atoms with van der Waals surface area (Å²) >= 11 is 0. The molecule has 0 spiro atoms. The summed E-state index contributed by atoms with van der Waals surface area (Å²) in [5, 5.41) is 10.6. The first-order valence-corrected chi connectivity index (χ1v) is 9.93. The number of rotatable bonds is 7. The number of nitrogens with one attached hydrogen (secondary N) is 3. The van der Waals surface area contributed by atoms with Crippen LogP contribution in [0.25, 0.3) is 10.8 Å². The molecule has 3 N–H and O–H groups in total. The fourth-order valence-electron chi connectivity index (χ4n) is 3.17. The molecule has 3 rings (SSSR count). The Balaban J connectivity index is 1.60. The molecule has 0 heterocycles. The highest BCUT2D eigenvalue weighted by atomic mass is 16.5. The summed E-state index contributed by atoms with van der Waals surface area (Å²) in [6, 6.07) is 20.0. The molecule has 0 aliphatic heterocycles. The van der Waals surface area contributed by atoms with Gasteiger partial charge in [-0.05, 0) is 52.6 Å². The van der Waals surface area contributed by atoms with Crippen molar-refractivity contribution in [3.8, 4) is 5.75 Å². The molecule has 0 saturated carbocycles. The molecule has 30 heavy (non-hydrogen) atoms. The van der Waals surface area contributed by atoms with Gasteiger partial charge in [-0.15, -0.1) is 0 Å². The third-order valence-corrected chi connectivity index (χ3v) is 4.85. The van der Waals surface area contributed by atoms with Gasteiger partial charge < -0.3 is 20.7 Å². The number of fused-ring (bicyclic) bond motifs is 1. The van der Waals surface area contributed by atoms with Gasteiger partial charge in [0.25, 0.3) is 0 Å². The fourth-order valence-corrected chi connectivity index (χ4v) is 3.17. The normalized spacial score (nSPS) is 11.7. The standard InChI is InChI=1S/C24H27N3O3/c1-16(2)22(27-24(29)26-20-7-5-4-6-8-20)23(28)25-15-17-9-10-19-14-21(30-3)12-11-18(19)13-17/h4-14,16,22H,15H2,1-3H3,(H,25,28)(H2,26,27,29)/t22-/m1/s1. The lowest BCUT2D eigenvalue weighted by atomic mass is 10.0. The highest BCUT2D eigenvalue weighted by molar-refractivity contribution is 5.93. The molecule has 0 unspecified atom stereocenters. The van der Waals surface area contributed by atoms with Gasteiger partial charge in [-0.25, -0.2) is 4.79 Å². The number of para-hydroxylation sites is 1. The number of urea groups is 1. The number of methoxy groups -OCH3 is 1. The molecule has 0 aromatic heterocycles. The van der Waals surface area contributed by atoms with E-state index < -0.39 is 12.1 Å². The van der Waals surface area contributed by atoms with Crippen molar-refractivity contribution in [1.29, 1.82) is 0 Å². The number of anilines is 1. The van der Waals surface area contributed by atoms with Crippen molar-refractivity contribution < 1.29 is 14.3 Å². The summed E-state index contributed by atoms with van der Waals surface area (Å²) in [6.07, 6.45) is 0. The van der Waals surface area contributed by atoms with Crippen LogP contribution < -0.4 is 20.7 Å². The minimum absolute atomic E-state index is 0.0596. The van der Waals surface area contributed by atoms with Gasteiger partial charge in [0.1, 0.15) is 11.8 Å². The second-order valence-electron chi connectivity index (χ2n) is 7.45. The zero-order valence-corrected chi connectivity index (χ0v) is 17.4. The van der Waals surface area contributed by atoms with Crippen molar-refractivity contribution in [3.63, 3.8) is 0 Å². The Hall–Kier alpha value is -3.54. The van der Waals surface area contributed by atoms with E-state index in [1.54, 1.807) is 19.2 Å². The summed E-state index contributed by atoms with van der Waals surface area (Å²) in [5.74, 6) is 0.529. The number of hydrogen-bond acceptors (Lipinski definition) is 3. The fraction of sp³-hybridized carbons (Fsp3) is 0.250. The van der Waals surface area contributed by atoms with Gasteiger partial charge in [-0.2, -0.15) is 0 Å². The molecule has 6 nitrogen and oxygen atoms in total. The maximum atomic E-state index is 12.7. The predicted octanol–water partition coefficient (Wildman–Crippen LogP) is 4.31. The predicted molar refractivity (Wildman–Crippen MR) is 120 cm³/mol. The average Bonchev–Trinajstić information content (AvgIpc) is 2.75. The number of benzene rings is 3. The quantitative estimate of drug-likeness (QED) is 0.548. The van der Waals surface area contributed by atoms with E-state index in [1.165, 1.54) is 0 Å². The van der Waals surface area contributed by atoms with Gasteiger partial charge in [0.05, 0.1) is 7.11 Å². The Bertz CT molecular complexity index is 1020. The van der Waals surface area contributed by atoms with Crippen molar-refractivity contribution in [1.82, 2.24) is 10.6 Å². The maximum absolute atomic E-state index is 12.7. The second-order valence-corrected chi connectivity index (χ2v) is 7.45. The average molecular weight is 405 g/mol. The highest BCUT2D eigenvalue weighted by Crippen LogP contribution is 2.21. The number of amides is 3. The third-order valence-electron chi connectivity index (χ3n) is 4.85. The number of carbonyl (C=O) groups is 2. The lowest BCUT2D eigenvalue weighted by molar-refractivity contribution is -0.124. The summed E-state index contributed by atoms with van der Waals surface area (Å²) in [4.78, 5) is 25.0. The third kappa shape index (κ3) is 5.50. The van der Waals surface area contributed by atoms with Gasteiger partial charge in [-0.3, -0.25) is 4.79 Å². The van der Waals surface area contributed by atoms with Crippen molar-refractivity contribution in [3.05, 3.63) is 72.3 Å². The van der Waals surface area contributed by atoms with Crippen LogP contribution in [0.3, 0.4) is 0 Å². The summed E-state index contributed by atoms with van der Waals surface area (Å²) < 4.78 is 5.25. The monoisotopic (exact) mass is 405 g/mol. The largest absolute Gasteiger partial charge is 0.497 e. The minimum atomic E-state index is -0.640. The topological polar surface area (TPSA) is 79.5 Å². The Labute approximate surface area is 176 Å². The molecule has 0 aliphatic carbocycles. The van der Waals surface area contributed by atoms with Crippen LogP contribution in [-0.4, -0.2) is 25.1 Å².